The predicted molar refractivity (Wildman–Crippen MR) is 339 cm³/mol. The van der Waals surface area contributed by atoms with E-state index in [1.165, 1.54) is 199 Å². The molecule has 0 bridgehead atoms. The molecule has 0 N–H and O–H groups in total. The summed E-state index contributed by atoms with van der Waals surface area (Å²) < 4.78 is 16.9. The lowest BCUT2D eigenvalue weighted by atomic mass is 10.0. The van der Waals surface area contributed by atoms with Crippen LogP contribution in [0.2, 0.25) is 0 Å². The van der Waals surface area contributed by atoms with Crippen LogP contribution in [0.4, 0.5) is 0 Å². The van der Waals surface area contributed by atoms with E-state index in [9.17, 15) is 14.4 Å². The van der Waals surface area contributed by atoms with Gasteiger partial charge in [-0.15, -0.1) is 0 Å². The van der Waals surface area contributed by atoms with Crippen molar-refractivity contribution in [1.29, 1.82) is 0 Å². The van der Waals surface area contributed by atoms with Crippen molar-refractivity contribution in [3.8, 4) is 0 Å². The lowest BCUT2D eigenvalue weighted by Crippen LogP contribution is -2.30. The van der Waals surface area contributed by atoms with Crippen molar-refractivity contribution in [1.82, 2.24) is 0 Å². The summed E-state index contributed by atoms with van der Waals surface area (Å²) in [5.74, 6) is -0.868. The van der Waals surface area contributed by atoms with E-state index >= 15 is 0 Å². The summed E-state index contributed by atoms with van der Waals surface area (Å²) in [6.07, 6.45) is 87.6. The van der Waals surface area contributed by atoms with Crippen molar-refractivity contribution >= 4 is 17.9 Å². The molecular formula is C72H126O6. The molecule has 0 amide bonds. The number of hydrogen-bond acceptors (Lipinski definition) is 6. The molecule has 0 aliphatic carbocycles. The second-order valence-electron chi connectivity index (χ2n) is 22.4. The summed E-state index contributed by atoms with van der Waals surface area (Å²) >= 11 is 0. The van der Waals surface area contributed by atoms with Crippen LogP contribution in [0.1, 0.15) is 335 Å². The van der Waals surface area contributed by atoms with Gasteiger partial charge in [0.25, 0.3) is 0 Å². The molecule has 0 saturated heterocycles. The van der Waals surface area contributed by atoms with Gasteiger partial charge in [-0.3, -0.25) is 14.4 Å². The van der Waals surface area contributed by atoms with E-state index in [-0.39, 0.29) is 31.1 Å². The molecule has 0 aromatic heterocycles. The minimum absolute atomic E-state index is 0.0741. The summed E-state index contributed by atoms with van der Waals surface area (Å²) in [4.78, 5) is 38.2. The van der Waals surface area contributed by atoms with E-state index in [2.05, 4.69) is 106 Å². The molecule has 0 fully saturated rings. The SMILES string of the molecule is CC/C=C\C/C=C\C/C=C\C/C=C\C/C=C\CCCCCCCCCCCCCCCCCC(=O)OCC(COC(=O)CCCCCCCCCC)OC(=O)CCCCCCCCCCC/C=C\C/C=C\CCCCCCC. The standard InChI is InChI=1S/C72H126O6/c1-4-7-10-13-16-19-21-23-25-27-29-31-32-33-34-35-36-37-38-39-40-42-43-45-47-49-51-53-56-59-62-65-71(74)77-68-69(67-76-70(73)64-61-58-55-18-15-12-9-6-3)78-72(75)66-63-60-57-54-52-50-48-46-44-41-30-28-26-24-22-20-17-14-11-8-5-2/h7,10,16,19,22-25,28-31,33-34,69H,4-6,8-9,11-15,17-18,20-21,26-27,32,35-68H2,1-3H3/b10-7-,19-16-,24-22-,25-23-,30-28-,31-29-,34-33-. The average Bonchev–Trinajstić information content (AvgIpc) is 3.44. The summed E-state index contributed by atoms with van der Waals surface area (Å²) in [6, 6.07) is 0. The quantitative estimate of drug-likeness (QED) is 0.0261. The van der Waals surface area contributed by atoms with Gasteiger partial charge >= 0.3 is 17.9 Å². The summed E-state index contributed by atoms with van der Waals surface area (Å²) in [6.45, 7) is 6.52. The van der Waals surface area contributed by atoms with Crippen LogP contribution in [-0.2, 0) is 28.6 Å². The highest BCUT2D eigenvalue weighted by atomic mass is 16.6. The number of hydrogen-bond donors (Lipinski definition) is 0. The van der Waals surface area contributed by atoms with Gasteiger partial charge in [0.1, 0.15) is 13.2 Å². The molecule has 1 atom stereocenters. The van der Waals surface area contributed by atoms with E-state index < -0.39 is 6.10 Å². The normalized spacial score (nSPS) is 12.6. The zero-order chi connectivity index (χ0) is 56.4. The number of rotatable bonds is 61. The highest BCUT2D eigenvalue weighted by Crippen LogP contribution is 2.17. The zero-order valence-corrected chi connectivity index (χ0v) is 51.7. The molecule has 6 heteroatoms. The van der Waals surface area contributed by atoms with Crippen LogP contribution in [0.3, 0.4) is 0 Å². The molecule has 0 aromatic carbocycles. The van der Waals surface area contributed by atoms with Crippen LogP contribution >= 0.6 is 0 Å². The summed E-state index contributed by atoms with van der Waals surface area (Å²) in [5.41, 5.74) is 0. The smallest absolute Gasteiger partial charge is 0.306 e. The molecule has 78 heavy (non-hydrogen) atoms. The zero-order valence-electron chi connectivity index (χ0n) is 51.7. The molecule has 0 heterocycles. The summed E-state index contributed by atoms with van der Waals surface area (Å²) in [5, 5.41) is 0. The fraction of sp³-hybridized carbons (Fsp3) is 0.764. The van der Waals surface area contributed by atoms with Crippen molar-refractivity contribution < 1.29 is 28.6 Å². The van der Waals surface area contributed by atoms with Crippen molar-refractivity contribution in [2.75, 3.05) is 13.2 Å². The molecule has 0 rings (SSSR count). The minimum Gasteiger partial charge on any atom is -0.462 e. The Morgan fingerprint density at radius 3 is 0.782 bits per heavy atom. The molecule has 6 nitrogen and oxygen atoms in total. The van der Waals surface area contributed by atoms with Crippen LogP contribution in [0.25, 0.3) is 0 Å². The molecule has 0 aromatic rings. The monoisotopic (exact) mass is 1090 g/mol. The van der Waals surface area contributed by atoms with Crippen LogP contribution in [0.5, 0.6) is 0 Å². The van der Waals surface area contributed by atoms with E-state index in [4.69, 9.17) is 14.2 Å². The number of unbranched alkanes of at least 4 members (excludes halogenated alkanes) is 36. The van der Waals surface area contributed by atoms with Crippen LogP contribution in [-0.4, -0.2) is 37.2 Å². The van der Waals surface area contributed by atoms with E-state index in [1.54, 1.807) is 0 Å². The van der Waals surface area contributed by atoms with Gasteiger partial charge in [-0.05, 0) is 96.3 Å². The van der Waals surface area contributed by atoms with Crippen molar-refractivity contribution in [3.63, 3.8) is 0 Å². The molecule has 1 unspecified atom stereocenters. The van der Waals surface area contributed by atoms with Gasteiger partial charge < -0.3 is 14.2 Å². The largest absolute Gasteiger partial charge is 0.462 e. The van der Waals surface area contributed by atoms with Gasteiger partial charge in [0.15, 0.2) is 6.10 Å². The Balaban J connectivity index is 4.11. The van der Waals surface area contributed by atoms with Gasteiger partial charge in [0.2, 0.25) is 0 Å². The Hall–Kier alpha value is -3.41. The first-order chi connectivity index (χ1) is 38.5. The fourth-order valence-electron chi connectivity index (χ4n) is 9.62. The lowest BCUT2D eigenvalue weighted by Gasteiger charge is -2.18. The Morgan fingerprint density at radius 1 is 0.269 bits per heavy atom. The average molecular weight is 1090 g/mol. The molecule has 0 radical (unpaired) electrons. The van der Waals surface area contributed by atoms with Gasteiger partial charge in [-0.1, -0.05) is 305 Å². The van der Waals surface area contributed by atoms with Gasteiger partial charge in [0, 0.05) is 19.3 Å². The van der Waals surface area contributed by atoms with Gasteiger partial charge in [-0.25, -0.2) is 0 Å². The number of carbonyl (C=O) groups excluding carboxylic acids is 3. The van der Waals surface area contributed by atoms with Gasteiger partial charge in [0.05, 0.1) is 0 Å². The number of ether oxygens (including phenoxy) is 3. The first-order valence-corrected chi connectivity index (χ1v) is 33.6. The number of carbonyl (C=O) groups is 3. The second kappa shape index (κ2) is 66.1. The van der Waals surface area contributed by atoms with Crippen LogP contribution < -0.4 is 0 Å². The number of esters is 3. The molecule has 0 aliphatic heterocycles. The lowest BCUT2D eigenvalue weighted by molar-refractivity contribution is -0.167. The highest BCUT2D eigenvalue weighted by molar-refractivity contribution is 5.71. The van der Waals surface area contributed by atoms with E-state index in [0.29, 0.717) is 19.3 Å². The number of allylic oxidation sites excluding steroid dienone is 14. The Morgan fingerprint density at radius 2 is 0.500 bits per heavy atom. The third kappa shape index (κ3) is 63.4. The maximum atomic E-state index is 12.9. The van der Waals surface area contributed by atoms with Gasteiger partial charge in [-0.2, -0.15) is 0 Å². The molecule has 0 spiro atoms. The van der Waals surface area contributed by atoms with E-state index in [1.807, 2.05) is 0 Å². The second-order valence-corrected chi connectivity index (χ2v) is 22.4. The minimum atomic E-state index is -0.776. The molecular weight excluding hydrogens is 961 g/mol. The third-order valence-electron chi connectivity index (χ3n) is 14.6. The van der Waals surface area contributed by atoms with Crippen LogP contribution in [0, 0.1) is 0 Å². The molecule has 0 aliphatic rings. The first-order valence-electron chi connectivity index (χ1n) is 33.6. The Labute approximate surface area is 484 Å². The first kappa shape index (κ1) is 74.6. The maximum absolute atomic E-state index is 12.9. The third-order valence-corrected chi connectivity index (χ3v) is 14.6. The van der Waals surface area contributed by atoms with Crippen molar-refractivity contribution in [3.05, 3.63) is 85.1 Å². The Kier molecular flexibility index (Phi) is 63.2. The Bertz CT molecular complexity index is 1480. The van der Waals surface area contributed by atoms with E-state index in [0.717, 1.165) is 96.3 Å². The molecule has 450 valence electrons. The van der Waals surface area contributed by atoms with Crippen molar-refractivity contribution in [2.45, 2.75) is 341 Å². The topological polar surface area (TPSA) is 78.9 Å². The molecule has 0 saturated carbocycles. The summed E-state index contributed by atoms with van der Waals surface area (Å²) in [7, 11) is 0. The van der Waals surface area contributed by atoms with Crippen LogP contribution in [0.15, 0.2) is 85.1 Å². The van der Waals surface area contributed by atoms with Crippen molar-refractivity contribution in [2.24, 2.45) is 0 Å². The fourth-order valence-corrected chi connectivity index (χ4v) is 9.62. The highest BCUT2D eigenvalue weighted by Gasteiger charge is 2.19. The maximum Gasteiger partial charge on any atom is 0.306 e. The predicted octanol–water partition coefficient (Wildman–Crippen LogP) is 23.1.